The Balaban J connectivity index is 1.98. The van der Waals surface area contributed by atoms with E-state index in [0.717, 1.165) is 37.0 Å². The van der Waals surface area contributed by atoms with Crippen LogP contribution in [0, 0.1) is 24.2 Å². The molecule has 0 aliphatic heterocycles. The van der Waals surface area contributed by atoms with Crippen molar-refractivity contribution in [2.45, 2.75) is 53.4 Å². The number of hydrogen-bond donors (Lipinski definition) is 2. The SMILES string of the molecule is COCCOC(=O)c1c(NC(=O)COC(=O)C2CCC(C(C)(C)C)CC2)sc(C(N)=O)c1C. The van der Waals surface area contributed by atoms with E-state index in [4.69, 9.17) is 19.9 Å². The Kier molecular flexibility index (Phi) is 9.42. The molecule has 0 saturated heterocycles. The van der Waals surface area contributed by atoms with Crippen LogP contribution in [-0.4, -0.2) is 50.7 Å². The Morgan fingerprint density at radius 3 is 2.24 bits per heavy atom. The minimum Gasteiger partial charge on any atom is -0.460 e. The zero-order valence-electron chi connectivity index (χ0n) is 19.9. The van der Waals surface area contributed by atoms with Crippen molar-refractivity contribution in [3.63, 3.8) is 0 Å². The van der Waals surface area contributed by atoms with Crippen molar-refractivity contribution in [3.8, 4) is 0 Å². The number of amides is 2. The molecule has 0 spiro atoms. The number of ether oxygens (including phenoxy) is 3. The van der Waals surface area contributed by atoms with E-state index in [1.165, 1.54) is 7.11 Å². The maximum atomic E-state index is 12.5. The van der Waals surface area contributed by atoms with Gasteiger partial charge in [-0.3, -0.25) is 14.4 Å². The van der Waals surface area contributed by atoms with Gasteiger partial charge in [0.15, 0.2) is 6.61 Å². The van der Waals surface area contributed by atoms with Crippen molar-refractivity contribution in [1.82, 2.24) is 0 Å². The van der Waals surface area contributed by atoms with Gasteiger partial charge in [-0.2, -0.15) is 0 Å². The maximum Gasteiger partial charge on any atom is 0.341 e. The molecule has 1 fully saturated rings. The van der Waals surface area contributed by atoms with Gasteiger partial charge >= 0.3 is 11.9 Å². The average molecular weight is 483 g/mol. The number of thiophene rings is 1. The van der Waals surface area contributed by atoms with Crippen molar-refractivity contribution in [2.75, 3.05) is 32.2 Å². The van der Waals surface area contributed by atoms with Crippen LogP contribution in [0.15, 0.2) is 0 Å². The molecule has 2 rings (SSSR count). The molecule has 33 heavy (non-hydrogen) atoms. The second-order valence-electron chi connectivity index (χ2n) is 9.32. The molecule has 1 saturated carbocycles. The third-order valence-corrected chi connectivity index (χ3v) is 7.20. The molecule has 10 heteroatoms. The van der Waals surface area contributed by atoms with Crippen LogP contribution in [0.5, 0.6) is 0 Å². The fraction of sp³-hybridized carbons (Fsp3) is 0.652. The summed E-state index contributed by atoms with van der Waals surface area (Å²) in [6, 6.07) is 0. The number of nitrogens with one attached hydrogen (secondary N) is 1. The number of esters is 2. The molecule has 0 radical (unpaired) electrons. The molecule has 1 aliphatic rings. The number of methoxy groups -OCH3 is 1. The van der Waals surface area contributed by atoms with E-state index in [0.29, 0.717) is 11.5 Å². The van der Waals surface area contributed by atoms with Crippen LogP contribution in [0.2, 0.25) is 0 Å². The predicted molar refractivity (Wildman–Crippen MR) is 124 cm³/mol. The van der Waals surface area contributed by atoms with Crippen LogP contribution < -0.4 is 11.1 Å². The molecule has 1 aromatic rings. The summed E-state index contributed by atoms with van der Waals surface area (Å²) in [6.45, 7) is 7.90. The lowest BCUT2D eigenvalue weighted by Crippen LogP contribution is -2.31. The van der Waals surface area contributed by atoms with E-state index in [2.05, 4.69) is 26.1 Å². The number of carbonyl (C=O) groups is 4. The third-order valence-electron chi connectivity index (χ3n) is 5.98. The highest BCUT2D eigenvalue weighted by Crippen LogP contribution is 2.40. The van der Waals surface area contributed by atoms with Crippen LogP contribution in [0.1, 0.15) is 72.0 Å². The Morgan fingerprint density at radius 2 is 1.70 bits per heavy atom. The molecule has 1 aromatic heterocycles. The Bertz CT molecular complexity index is 880. The van der Waals surface area contributed by atoms with Crippen LogP contribution >= 0.6 is 11.3 Å². The normalized spacial score (nSPS) is 18.5. The summed E-state index contributed by atoms with van der Waals surface area (Å²) >= 11 is 0.876. The van der Waals surface area contributed by atoms with Gasteiger partial charge in [0.05, 0.1) is 23.0 Å². The van der Waals surface area contributed by atoms with Gasteiger partial charge in [-0.15, -0.1) is 11.3 Å². The van der Waals surface area contributed by atoms with Gasteiger partial charge in [-0.05, 0) is 49.5 Å². The fourth-order valence-electron chi connectivity index (χ4n) is 3.98. The molecule has 9 nitrogen and oxygen atoms in total. The number of rotatable bonds is 9. The van der Waals surface area contributed by atoms with E-state index in [9.17, 15) is 19.2 Å². The monoisotopic (exact) mass is 482 g/mol. The third kappa shape index (κ3) is 7.26. The summed E-state index contributed by atoms with van der Waals surface area (Å²) in [6.07, 6.45) is 3.39. The molecule has 0 atom stereocenters. The van der Waals surface area contributed by atoms with Crippen molar-refractivity contribution in [1.29, 1.82) is 0 Å². The molecular weight excluding hydrogens is 448 g/mol. The first kappa shape index (κ1) is 26.8. The molecule has 0 unspecified atom stereocenters. The lowest BCUT2D eigenvalue weighted by Gasteiger charge is -2.36. The second-order valence-corrected chi connectivity index (χ2v) is 10.3. The smallest absolute Gasteiger partial charge is 0.341 e. The van der Waals surface area contributed by atoms with E-state index in [1.807, 2.05) is 0 Å². The zero-order valence-corrected chi connectivity index (χ0v) is 20.8. The molecule has 2 amide bonds. The summed E-state index contributed by atoms with van der Waals surface area (Å²) in [5.41, 5.74) is 5.96. The second kappa shape index (κ2) is 11.6. The van der Waals surface area contributed by atoms with Gasteiger partial charge in [0, 0.05) is 7.11 Å². The van der Waals surface area contributed by atoms with Gasteiger partial charge in [-0.25, -0.2) is 4.79 Å². The van der Waals surface area contributed by atoms with Crippen LogP contribution in [0.3, 0.4) is 0 Å². The quantitative estimate of drug-likeness (QED) is 0.407. The average Bonchev–Trinajstić information content (AvgIpc) is 3.07. The summed E-state index contributed by atoms with van der Waals surface area (Å²) < 4.78 is 15.2. The van der Waals surface area contributed by atoms with Crippen LogP contribution in [0.25, 0.3) is 0 Å². The van der Waals surface area contributed by atoms with E-state index in [-0.39, 0.29) is 40.0 Å². The van der Waals surface area contributed by atoms with Crippen LogP contribution in [0.4, 0.5) is 5.00 Å². The highest BCUT2D eigenvalue weighted by Gasteiger charge is 2.33. The van der Waals surface area contributed by atoms with E-state index < -0.39 is 30.4 Å². The number of anilines is 1. The van der Waals surface area contributed by atoms with Gasteiger partial charge in [0.2, 0.25) is 0 Å². The zero-order chi connectivity index (χ0) is 24.8. The van der Waals surface area contributed by atoms with Gasteiger partial charge in [0.1, 0.15) is 11.6 Å². The van der Waals surface area contributed by atoms with Gasteiger partial charge in [0.25, 0.3) is 11.8 Å². The molecule has 1 aliphatic carbocycles. The van der Waals surface area contributed by atoms with Gasteiger partial charge < -0.3 is 25.3 Å². The topological polar surface area (TPSA) is 134 Å². The standard InChI is InChI=1S/C23H34N2O7S/c1-13-17(22(29)31-11-10-30-5)20(33-18(13)19(24)27)25-16(26)12-32-21(28)14-6-8-15(9-7-14)23(2,3)4/h14-15H,6-12H2,1-5H3,(H2,24,27)(H,25,26). The van der Waals surface area contributed by atoms with Crippen molar-refractivity contribution in [2.24, 2.45) is 23.0 Å². The van der Waals surface area contributed by atoms with Crippen molar-refractivity contribution in [3.05, 3.63) is 16.0 Å². The molecule has 1 heterocycles. The number of hydrogen-bond acceptors (Lipinski definition) is 8. The Hall–Kier alpha value is -2.46. The molecular formula is C23H34N2O7S. The minimum absolute atomic E-state index is 0.0129. The summed E-state index contributed by atoms with van der Waals surface area (Å²) in [5, 5.41) is 2.67. The molecule has 0 bridgehead atoms. The lowest BCUT2D eigenvalue weighted by atomic mass is 9.70. The van der Waals surface area contributed by atoms with Gasteiger partial charge in [-0.1, -0.05) is 20.8 Å². The molecule has 0 aromatic carbocycles. The highest BCUT2D eigenvalue weighted by molar-refractivity contribution is 7.18. The minimum atomic E-state index is -0.721. The first-order valence-corrected chi connectivity index (χ1v) is 11.8. The Morgan fingerprint density at radius 1 is 1.06 bits per heavy atom. The maximum absolute atomic E-state index is 12.5. The summed E-state index contributed by atoms with van der Waals surface area (Å²) in [5.74, 6) is -2.09. The number of primary amides is 1. The Labute approximate surface area is 198 Å². The van der Waals surface area contributed by atoms with E-state index in [1.54, 1.807) is 6.92 Å². The van der Waals surface area contributed by atoms with Crippen molar-refractivity contribution < 1.29 is 33.4 Å². The fourth-order valence-corrected chi connectivity index (χ4v) is 5.05. The van der Waals surface area contributed by atoms with Crippen molar-refractivity contribution >= 4 is 40.1 Å². The molecule has 184 valence electrons. The summed E-state index contributed by atoms with van der Waals surface area (Å²) in [7, 11) is 1.47. The first-order valence-electron chi connectivity index (χ1n) is 11.0. The first-order chi connectivity index (χ1) is 15.5. The molecule has 3 N–H and O–H groups in total. The predicted octanol–water partition coefficient (Wildman–Crippen LogP) is 3.29. The summed E-state index contributed by atoms with van der Waals surface area (Å²) in [4.78, 5) is 49.2. The largest absolute Gasteiger partial charge is 0.460 e. The lowest BCUT2D eigenvalue weighted by molar-refractivity contribution is -0.153. The van der Waals surface area contributed by atoms with E-state index >= 15 is 0 Å². The highest BCUT2D eigenvalue weighted by atomic mass is 32.1. The number of nitrogens with two attached hydrogens (primary N) is 1. The number of carbonyl (C=O) groups excluding carboxylic acids is 4. The van der Waals surface area contributed by atoms with Crippen LogP contribution in [-0.2, 0) is 23.8 Å².